The molecule has 0 radical (unpaired) electrons. The molecular formula is C27H28N4O6. The molecule has 0 aliphatic heterocycles. The topological polar surface area (TPSA) is 127 Å². The van der Waals surface area contributed by atoms with Crippen LogP contribution in [-0.4, -0.2) is 44.3 Å². The maximum Gasteiger partial charge on any atom is 0.329 e. The molecule has 0 saturated heterocycles. The van der Waals surface area contributed by atoms with Crippen LogP contribution in [0.3, 0.4) is 0 Å². The van der Waals surface area contributed by atoms with Crippen molar-refractivity contribution in [1.82, 2.24) is 5.43 Å². The maximum atomic E-state index is 12.2. The van der Waals surface area contributed by atoms with Gasteiger partial charge in [0.25, 0.3) is 5.91 Å². The van der Waals surface area contributed by atoms with E-state index in [1.54, 1.807) is 42.5 Å². The van der Waals surface area contributed by atoms with Crippen LogP contribution < -0.4 is 30.3 Å². The van der Waals surface area contributed by atoms with Crippen LogP contribution in [0.4, 0.5) is 11.4 Å². The lowest BCUT2D eigenvalue weighted by Crippen LogP contribution is -2.32. The van der Waals surface area contributed by atoms with E-state index in [1.807, 2.05) is 38.1 Å². The molecule has 3 amide bonds. The highest BCUT2D eigenvalue weighted by Gasteiger charge is 2.15. The number of anilines is 2. The van der Waals surface area contributed by atoms with Crippen molar-refractivity contribution in [3.8, 4) is 17.2 Å². The molecule has 0 atom stereocenters. The van der Waals surface area contributed by atoms with E-state index in [9.17, 15) is 14.4 Å². The average Bonchev–Trinajstić information content (AvgIpc) is 2.90. The van der Waals surface area contributed by atoms with Crippen molar-refractivity contribution in [3.63, 3.8) is 0 Å². The van der Waals surface area contributed by atoms with Gasteiger partial charge in [-0.15, -0.1) is 0 Å². The van der Waals surface area contributed by atoms with Crippen LogP contribution in [0.25, 0.3) is 0 Å². The van der Waals surface area contributed by atoms with E-state index in [0.29, 0.717) is 40.8 Å². The van der Waals surface area contributed by atoms with Gasteiger partial charge in [0, 0.05) is 5.69 Å². The quantitative estimate of drug-likeness (QED) is 0.220. The zero-order chi connectivity index (χ0) is 26.6. The molecule has 0 fully saturated rings. The average molecular weight is 505 g/mol. The minimum atomic E-state index is -0.952. The van der Waals surface area contributed by atoms with Gasteiger partial charge >= 0.3 is 11.8 Å². The van der Waals surface area contributed by atoms with Crippen molar-refractivity contribution < 1.29 is 28.6 Å². The van der Waals surface area contributed by atoms with E-state index in [1.165, 1.54) is 13.3 Å². The Morgan fingerprint density at radius 2 is 1.62 bits per heavy atom. The summed E-state index contributed by atoms with van der Waals surface area (Å²) in [5.74, 6) is -0.972. The highest BCUT2D eigenvalue weighted by molar-refractivity contribution is 6.39. The highest BCUT2D eigenvalue weighted by Crippen LogP contribution is 2.28. The molecule has 3 aromatic rings. The van der Waals surface area contributed by atoms with Gasteiger partial charge in [0.05, 0.1) is 25.6 Å². The van der Waals surface area contributed by atoms with Gasteiger partial charge in [-0.25, -0.2) is 5.43 Å². The molecule has 0 aliphatic rings. The Balaban J connectivity index is 1.56. The van der Waals surface area contributed by atoms with Gasteiger partial charge in [-0.05, 0) is 61.9 Å². The number of methoxy groups -OCH3 is 1. The Morgan fingerprint density at radius 3 is 2.35 bits per heavy atom. The van der Waals surface area contributed by atoms with Gasteiger partial charge in [0.15, 0.2) is 18.1 Å². The maximum absolute atomic E-state index is 12.2. The zero-order valence-corrected chi connectivity index (χ0v) is 20.7. The number of nitrogens with zero attached hydrogens (tertiary/aromatic N) is 1. The first-order chi connectivity index (χ1) is 17.9. The molecule has 37 heavy (non-hydrogen) atoms. The van der Waals surface area contributed by atoms with E-state index in [2.05, 4.69) is 21.2 Å². The lowest BCUT2D eigenvalue weighted by Gasteiger charge is -2.13. The van der Waals surface area contributed by atoms with Crippen molar-refractivity contribution in [2.45, 2.75) is 13.8 Å². The van der Waals surface area contributed by atoms with Crippen LogP contribution in [0.15, 0.2) is 71.8 Å². The van der Waals surface area contributed by atoms with Gasteiger partial charge in [-0.1, -0.05) is 29.8 Å². The summed E-state index contributed by atoms with van der Waals surface area (Å²) >= 11 is 0. The highest BCUT2D eigenvalue weighted by atomic mass is 16.5. The first-order valence-electron chi connectivity index (χ1n) is 11.4. The van der Waals surface area contributed by atoms with Crippen LogP contribution in [0.2, 0.25) is 0 Å². The molecule has 0 aromatic heterocycles. The van der Waals surface area contributed by atoms with Gasteiger partial charge in [-0.3, -0.25) is 14.4 Å². The van der Waals surface area contributed by atoms with E-state index >= 15 is 0 Å². The third-order valence-corrected chi connectivity index (χ3v) is 4.90. The number of amides is 3. The molecule has 0 unspecified atom stereocenters. The Labute approximate surface area is 214 Å². The first-order valence-corrected chi connectivity index (χ1v) is 11.4. The first kappa shape index (κ1) is 26.7. The Bertz CT molecular complexity index is 1270. The number of hydrazone groups is 1. The molecule has 0 bridgehead atoms. The van der Waals surface area contributed by atoms with Crippen LogP contribution >= 0.6 is 0 Å². The molecule has 3 aromatic carbocycles. The minimum absolute atomic E-state index is 0.210. The fourth-order valence-corrected chi connectivity index (χ4v) is 3.11. The number of para-hydroxylation sites is 2. The molecule has 0 saturated carbocycles. The van der Waals surface area contributed by atoms with E-state index in [0.717, 1.165) is 5.56 Å². The fourth-order valence-electron chi connectivity index (χ4n) is 3.11. The Morgan fingerprint density at radius 1 is 0.865 bits per heavy atom. The summed E-state index contributed by atoms with van der Waals surface area (Å²) in [6.07, 6.45) is 1.35. The largest absolute Gasteiger partial charge is 0.495 e. The standard InChI is InChI=1S/C27H28N4O6/c1-4-36-24-15-19(11-14-23(24)37-17-25(32)29-20-12-9-18(2)10-13-20)16-28-31-27(34)26(33)30-21-7-5-6-8-22(21)35-3/h5-16H,4,17H2,1-3H3,(H,29,32)(H,30,33)(H,31,34)/b28-16-. The van der Waals surface area contributed by atoms with E-state index in [4.69, 9.17) is 14.2 Å². The number of hydrogen-bond donors (Lipinski definition) is 3. The van der Waals surface area contributed by atoms with Gasteiger partial charge in [0.1, 0.15) is 5.75 Å². The zero-order valence-electron chi connectivity index (χ0n) is 20.7. The number of benzene rings is 3. The van der Waals surface area contributed by atoms with Crippen molar-refractivity contribution >= 4 is 35.3 Å². The third kappa shape index (κ3) is 8.10. The number of carbonyl (C=O) groups excluding carboxylic acids is 3. The Kier molecular flexibility index (Phi) is 9.60. The van der Waals surface area contributed by atoms with Crippen LogP contribution in [0, 0.1) is 6.92 Å². The van der Waals surface area contributed by atoms with Crippen molar-refractivity contribution in [1.29, 1.82) is 0 Å². The summed E-state index contributed by atoms with van der Waals surface area (Å²) in [5, 5.41) is 9.06. The summed E-state index contributed by atoms with van der Waals surface area (Å²) in [7, 11) is 1.46. The van der Waals surface area contributed by atoms with Gasteiger partial charge in [-0.2, -0.15) is 5.10 Å². The summed E-state index contributed by atoms with van der Waals surface area (Å²) in [5.41, 5.74) is 4.88. The number of aryl methyl sites for hydroxylation is 1. The lowest BCUT2D eigenvalue weighted by atomic mass is 10.2. The minimum Gasteiger partial charge on any atom is -0.495 e. The molecule has 3 N–H and O–H groups in total. The van der Waals surface area contributed by atoms with Crippen molar-refractivity contribution in [2.24, 2.45) is 5.10 Å². The van der Waals surface area contributed by atoms with Crippen LogP contribution in [0.5, 0.6) is 17.2 Å². The second-order valence-corrected chi connectivity index (χ2v) is 7.70. The smallest absolute Gasteiger partial charge is 0.329 e. The monoisotopic (exact) mass is 504 g/mol. The van der Waals surface area contributed by atoms with Crippen LogP contribution in [-0.2, 0) is 14.4 Å². The number of ether oxygens (including phenoxy) is 3. The molecule has 0 spiro atoms. The molecule has 10 heteroatoms. The second kappa shape index (κ2) is 13.3. The fraction of sp³-hybridized carbons (Fsp3) is 0.185. The summed E-state index contributed by atoms with van der Waals surface area (Å²) in [6.45, 7) is 3.94. The summed E-state index contributed by atoms with van der Waals surface area (Å²) in [6, 6.07) is 19.1. The van der Waals surface area contributed by atoms with Crippen LogP contribution in [0.1, 0.15) is 18.1 Å². The second-order valence-electron chi connectivity index (χ2n) is 7.70. The molecule has 0 heterocycles. The SMILES string of the molecule is CCOc1cc(/C=N\NC(=O)C(=O)Nc2ccccc2OC)ccc1OCC(=O)Nc1ccc(C)cc1. The summed E-state index contributed by atoms with van der Waals surface area (Å²) < 4.78 is 16.4. The molecule has 10 nitrogen and oxygen atoms in total. The predicted octanol–water partition coefficient (Wildman–Crippen LogP) is 3.51. The Hall–Kier alpha value is -4.86. The molecule has 192 valence electrons. The van der Waals surface area contributed by atoms with Crippen molar-refractivity contribution in [3.05, 3.63) is 77.9 Å². The van der Waals surface area contributed by atoms with E-state index < -0.39 is 11.8 Å². The number of nitrogens with one attached hydrogen (secondary N) is 3. The van der Waals surface area contributed by atoms with E-state index in [-0.39, 0.29) is 12.5 Å². The number of carbonyl (C=O) groups is 3. The third-order valence-electron chi connectivity index (χ3n) is 4.90. The number of rotatable bonds is 10. The normalized spacial score (nSPS) is 10.5. The molecular weight excluding hydrogens is 476 g/mol. The van der Waals surface area contributed by atoms with Crippen molar-refractivity contribution in [2.75, 3.05) is 31.0 Å². The van der Waals surface area contributed by atoms with Gasteiger partial charge in [0.2, 0.25) is 0 Å². The van der Waals surface area contributed by atoms with Gasteiger partial charge < -0.3 is 24.8 Å². The summed E-state index contributed by atoms with van der Waals surface area (Å²) in [4.78, 5) is 36.5. The number of hydrogen-bond acceptors (Lipinski definition) is 7. The predicted molar refractivity (Wildman–Crippen MR) is 140 cm³/mol. The molecule has 3 rings (SSSR count). The molecule has 0 aliphatic carbocycles. The lowest BCUT2D eigenvalue weighted by molar-refractivity contribution is -0.136.